The van der Waals surface area contributed by atoms with Gasteiger partial charge in [0.1, 0.15) is 13.8 Å². The maximum absolute atomic E-state index is 14.3. The first kappa shape index (κ1) is 89.6. The molecular formula is C78H101ClI2N12O9S4W. The molecule has 5 N–H and O–H groups in total. The van der Waals surface area contributed by atoms with Crippen LogP contribution in [0.1, 0.15) is 157 Å². The summed E-state index contributed by atoms with van der Waals surface area (Å²) in [6.07, 6.45) is 9.98. The fourth-order valence-electron chi connectivity index (χ4n) is 12.3. The molecule has 8 aromatic rings. The molecule has 0 unspecified atom stereocenters. The van der Waals surface area contributed by atoms with Crippen LogP contribution in [0.3, 0.4) is 0 Å². The number of carbonyl (C=O) groups is 7. The summed E-state index contributed by atoms with van der Waals surface area (Å²) in [5.41, 5.74) is 9.43. The number of urea groups is 2. The van der Waals surface area contributed by atoms with E-state index >= 15 is 0 Å². The molecule has 1 aliphatic rings. The molecule has 29 heteroatoms. The van der Waals surface area contributed by atoms with Crippen LogP contribution in [0.5, 0.6) is 0 Å². The van der Waals surface area contributed by atoms with Gasteiger partial charge < -0.3 is 45.4 Å². The topological polar surface area (TPSA) is 259 Å². The Hall–Kier alpha value is -6.31. The minimum Gasteiger partial charge on any atom is -0.444 e. The molecule has 1 saturated heterocycles. The number of benzene rings is 4. The Labute approximate surface area is 700 Å². The van der Waals surface area contributed by atoms with E-state index in [1.54, 1.807) is 74.9 Å². The molecule has 0 spiro atoms. The van der Waals surface area contributed by atoms with Gasteiger partial charge in [0.2, 0.25) is 5.91 Å². The van der Waals surface area contributed by atoms with Crippen LogP contribution in [0.25, 0.3) is 0 Å². The standard InChI is InChI=1S/C41H52N6O5S2.C37H47ClN6O4S2.2HI.W/c1-29(2)39-43-34(27-53-39)25-46(3)40(50)45-36(18-20-47-19-10-15-38(47)49)37(48)23-32(21-30-11-6-4-7-12-30)16-17-33(22-31-13-8-5-9-14-31)44-41(51)52-26-35-24-42-28-54-35;1-26(2)35-41-31(24-49-35)22-44(3)36(46)43-33(16-17-40-38)34(45)20-29(18-27-10-6-4-7-11-27)14-15-30(19-28-12-8-5-9-13-28)42-37(47)48-23-32-21-39-25-50-32;;;/h4-9,11-14,24,27-29,32-33,36H,10,15-23,25-26H2,1-3H3,(H,44,51)(H,45,50);4-13,21,24-26,29-30,33,40H,14-20,22-23H2,1-3H3,(H,42,47)(H,43,46);2*1H;/t32-,33-,36-;29-,30-,33-;;;/m00.../s1/i/hD. The molecule has 1 aliphatic heterocycles. The van der Waals surface area contributed by atoms with Gasteiger partial charge in [0, 0.05) is 121 Å². The van der Waals surface area contributed by atoms with Gasteiger partial charge in [-0.15, -0.1) is 93.1 Å². The number of halogens is 3. The third kappa shape index (κ3) is 33.4. The summed E-state index contributed by atoms with van der Waals surface area (Å²) in [6.45, 7) is 10.7. The third-order valence-electron chi connectivity index (χ3n) is 17.9. The van der Waals surface area contributed by atoms with E-state index in [0.29, 0.717) is 115 Å². The number of ether oxygens (including phenoxy) is 2. The first-order valence-electron chi connectivity index (χ1n) is 36.1. The average Bonchev–Trinajstić information content (AvgIpc) is 1.66. The van der Waals surface area contributed by atoms with Crippen molar-refractivity contribution in [1.29, 1.82) is 0.594 Å². The van der Waals surface area contributed by atoms with Gasteiger partial charge in [-0.1, -0.05) is 149 Å². The van der Waals surface area contributed by atoms with Crippen molar-refractivity contribution in [2.24, 2.45) is 11.8 Å². The minimum atomic E-state index is -0.770. The Balaban J connectivity index is 0.000000373. The average molecular weight is 1950 g/mol. The van der Waals surface area contributed by atoms with Gasteiger partial charge in [0.05, 0.1) is 67.4 Å². The van der Waals surface area contributed by atoms with Crippen LogP contribution in [0.2, 0.25) is 0 Å². The second-order valence-electron chi connectivity index (χ2n) is 27.1. The number of nitrogens with zero attached hydrogens (tertiary/aromatic N) is 7. The van der Waals surface area contributed by atoms with Gasteiger partial charge in [-0.05, 0) is 116 Å². The number of thiazole rings is 4. The van der Waals surface area contributed by atoms with Crippen LogP contribution >= 0.6 is 105 Å². The van der Waals surface area contributed by atoms with Crippen molar-refractivity contribution in [3.05, 3.63) is 209 Å². The first-order valence-corrected chi connectivity index (χ1v) is 39.6. The van der Waals surface area contributed by atoms with Gasteiger partial charge in [-0.3, -0.25) is 24.4 Å². The van der Waals surface area contributed by atoms with Gasteiger partial charge in [0.15, 0.2) is 11.6 Å². The second-order valence-corrected chi connectivity index (χ2v) is 31.1. The molecule has 1 fully saturated rings. The fraction of sp³-hybridized carbons (Fsp3) is 0.449. The number of likely N-dealkylation sites (tertiary alicyclic amines) is 1. The van der Waals surface area contributed by atoms with Crippen molar-refractivity contribution in [1.82, 2.24) is 60.7 Å². The molecule has 9 rings (SSSR count). The van der Waals surface area contributed by atoms with Crippen molar-refractivity contribution in [2.75, 3.05) is 33.7 Å². The Bertz CT molecular complexity index is 3890. The SMILES string of the molecule is CC(C)c1nc(CN(C)C(=O)N[C@@H](CCN2CCCC2=O)C(=O)C[C@@H](CC[C@@H](Cc2ccccc2)NC(=O)OCc2cncs2)Cc2ccccc2)cs1.CC(C)c1nc(CN(C)C(=O)N[C@@H](CCNCl)C(=O)C[C@@H](CC[C@@H](Cc2ccccc2)NC(=O)OCc2cncs2)Cc2ccccc2)cs1.I.[2H]I.[W]. The Morgan fingerprint density at radius 2 is 0.944 bits per heavy atom. The van der Waals surface area contributed by atoms with E-state index in [-0.39, 0.29) is 125 Å². The summed E-state index contributed by atoms with van der Waals surface area (Å²) >= 11 is 13.2. The Kier molecular flexibility index (Phi) is 41.7. The van der Waals surface area contributed by atoms with Crippen molar-refractivity contribution in [3.8, 4) is 0 Å². The molecular weight excluding hydrogens is 1850 g/mol. The predicted octanol–water partition coefficient (Wildman–Crippen LogP) is 16.1. The largest absolute Gasteiger partial charge is 0.444 e. The van der Waals surface area contributed by atoms with E-state index in [1.807, 2.05) is 108 Å². The zero-order chi connectivity index (χ0) is 76.0. The molecule has 0 saturated carbocycles. The summed E-state index contributed by atoms with van der Waals surface area (Å²) in [5.74, 6) is 0.456. The number of alkyl carbamates (subject to hydrolysis) is 2. The maximum atomic E-state index is 14.3. The zero-order valence-electron chi connectivity index (χ0n) is 62.5. The van der Waals surface area contributed by atoms with E-state index in [1.165, 1.54) is 46.5 Å². The van der Waals surface area contributed by atoms with Crippen LogP contribution in [0, 0.1) is 11.8 Å². The van der Waals surface area contributed by atoms with Gasteiger partial charge in [-0.2, -0.15) is 0 Å². The van der Waals surface area contributed by atoms with Gasteiger partial charge in [0.25, 0.3) is 0 Å². The molecule has 6 atom stereocenters. The fourth-order valence-corrected chi connectivity index (χ4v) is 15.0. The summed E-state index contributed by atoms with van der Waals surface area (Å²) in [5, 5.41) is 18.1. The number of nitrogens with one attached hydrogen (secondary N) is 5. The maximum Gasteiger partial charge on any atom is 0.407 e. The summed E-state index contributed by atoms with van der Waals surface area (Å²) in [7, 11) is 3.40. The quantitative estimate of drug-likeness (QED) is 0.0177. The predicted molar refractivity (Wildman–Crippen MR) is 443 cm³/mol. The molecule has 5 heterocycles. The molecule has 21 nitrogen and oxygen atoms in total. The third-order valence-corrected chi connectivity index (χ3v) is 22.0. The normalized spacial score (nSPS) is 13.4. The smallest absolute Gasteiger partial charge is 0.407 e. The van der Waals surface area contributed by atoms with Crippen molar-refractivity contribution in [2.45, 2.75) is 180 Å². The Morgan fingerprint density at radius 1 is 0.551 bits per heavy atom. The number of carbonyl (C=O) groups excluding carboxylic acids is 7. The van der Waals surface area contributed by atoms with Gasteiger partial charge >= 0.3 is 24.2 Å². The Morgan fingerprint density at radius 3 is 1.29 bits per heavy atom. The first-order chi connectivity index (χ1) is 51.3. The molecule has 0 radical (unpaired) electrons. The number of rotatable bonds is 40. The number of hydrogen-bond acceptors (Lipinski definition) is 18. The van der Waals surface area contributed by atoms with Gasteiger partial charge in [-0.25, -0.2) is 34.0 Å². The number of Topliss-reactive ketones (excluding diaryl/α,β-unsaturated/α-hetero) is 2. The van der Waals surface area contributed by atoms with E-state index in [0.717, 1.165) is 59.8 Å². The summed E-state index contributed by atoms with van der Waals surface area (Å²) in [4.78, 5) is 120. The second kappa shape index (κ2) is 49.8. The van der Waals surface area contributed by atoms with Crippen LogP contribution in [0.15, 0.2) is 156 Å². The molecule has 4 aromatic carbocycles. The van der Waals surface area contributed by atoms with E-state index in [9.17, 15) is 33.6 Å². The van der Waals surface area contributed by atoms with E-state index in [2.05, 4.69) is 98.0 Å². The number of ketones is 2. The molecule has 578 valence electrons. The molecule has 107 heavy (non-hydrogen) atoms. The van der Waals surface area contributed by atoms with E-state index < -0.39 is 24.3 Å². The number of aromatic nitrogens is 4. The van der Waals surface area contributed by atoms with E-state index in [4.69, 9.17) is 21.8 Å². The van der Waals surface area contributed by atoms with Crippen molar-refractivity contribution in [3.63, 3.8) is 0 Å². The summed E-state index contributed by atoms with van der Waals surface area (Å²) in [6, 6.07) is 37.5. The molecule has 4 aromatic heterocycles. The monoisotopic (exact) mass is 1950 g/mol. The van der Waals surface area contributed by atoms with Crippen molar-refractivity contribution >= 4 is 147 Å². The zero-order valence-corrected chi connectivity index (χ0v) is 72.9. The number of amides is 7. The molecule has 7 amide bonds. The summed E-state index contributed by atoms with van der Waals surface area (Å²) < 4.78 is 16.7. The van der Waals surface area contributed by atoms with Crippen LogP contribution in [-0.4, -0.2) is 135 Å². The van der Waals surface area contributed by atoms with Crippen molar-refractivity contribution < 1.29 is 64.1 Å². The minimum absolute atomic E-state index is 0. The van der Waals surface area contributed by atoms with Crippen LogP contribution < -0.4 is 26.1 Å². The molecule has 0 bridgehead atoms. The van der Waals surface area contributed by atoms with Crippen LogP contribution in [-0.2, 0) is 96.9 Å². The number of hydrogen-bond donors (Lipinski definition) is 5. The van der Waals surface area contributed by atoms with Crippen LogP contribution in [0.4, 0.5) is 19.2 Å². The molecule has 0 aliphatic carbocycles.